The van der Waals surface area contributed by atoms with E-state index in [0.717, 1.165) is 30.5 Å². The molecule has 1 fully saturated rings. The Labute approximate surface area is 166 Å². The summed E-state index contributed by atoms with van der Waals surface area (Å²) in [6, 6.07) is 14.2. The molecular weight excluding hydrogens is 376 g/mol. The van der Waals surface area contributed by atoms with Crippen LogP contribution in [0.25, 0.3) is 0 Å². The van der Waals surface area contributed by atoms with Crippen molar-refractivity contribution in [1.82, 2.24) is 0 Å². The van der Waals surface area contributed by atoms with E-state index >= 15 is 4.39 Å². The molecular formula is C25H14F4. The number of rotatable bonds is 1. The highest BCUT2D eigenvalue weighted by Gasteiger charge is 2.29. The minimum Gasteiger partial charge on any atom is -0.205 e. The van der Waals surface area contributed by atoms with Crippen LogP contribution in [0.15, 0.2) is 54.6 Å². The summed E-state index contributed by atoms with van der Waals surface area (Å²) in [6.07, 6.45) is 1.75. The summed E-state index contributed by atoms with van der Waals surface area (Å²) >= 11 is 0. The molecule has 0 atom stereocenters. The summed E-state index contributed by atoms with van der Waals surface area (Å²) < 4.78 is 54.8. The minimum absolute atomic E-state index is 0.0679. The van der Waals surface area contributed by atoms with Gasteiger partial charge in [0.15, 0.2) is 17.5 Å². The second-order valence-corrected chi connectivity index (χ2v) is 6.78. The van der Waals surface area contributed by atoms with Gasteiger partial charge in [-0.25, -0.2) is 17.6 Å². The third kappa shape index (κ3) is 4.18. The van der Waals surface area contributed by atoms with Gasteiger partial charge < -0.3 is 0 Å². The molecule has 0 heterocycles. The second kappa shape index (κ2) is 7.86. The summed E-state index contributed by atoms with van der Waals surface area (Å²) in [5, 5.41) is 0. The van der Waals surface area contributed by atoms with Crippen LogP contribution < -0.4 is 0 Å². The molecule has 0 N–H and O–H groups in total. The Kier molecular flexibility index (Phi) is 5.10. The molecule has 1 aliphatic rings. The van der Waals surface area contributed by atoms with E-state index in [4.69, 9.17) is 0 Å². The zero-order valence-electron chi connectivity index (χ0n) is 15.2. The highest BCUT2D eigenvalue weighted by Crippen LogP contribution is 2.43. The number of hydrogen-bond acceptors (Lipinski definition) is 0. The molecule has 0 saturated heterocycles. The van der Waals surface area contributed by atoms with Crippen molar-refractivity contribution in [2.45, 2.75) is 18.8 Å². The average Bonchev–Trinajstić information content (AvgIpc) is 3.55. The third-order valence-electron chi connectivity index (χ3n) is 4.61. The zero-order chi connectivity index (χ0) is 20.4. The highest BCUT2D eigenvalue weighted by atomic mass is 19.2. The predicted molar refractivity (Wildman–Crippen MR) is 103 cm³/mol. The van der Waals surface area contributed by atoms with Crippen molar-refractivity contribution in [1.29, 1.82) is 0 Å². The van der Waals surface area contributed by atoms with Gasteiger partial charge in [0.25, 0.3) is 0 Å². The van der Waals surface area contributed by atoms with Crippen LogP contribution in [0.5, 0.6) is 0 Å². The van der Waals surface area contributed by atoms with Gasteiger partial charge in [-0.2, -0.15) is 0 Å². The molecule has 1 saturated carbocycles. The Morgan fingerprint density at radius 1 is 0.621 bits per heavy atom. The SMILES string of the molecule is Fc1cc(C#Cc2ccc(C#Cc3ccccc3)c(C3CC3)c2F)cc(F)c1F. The Morgan fingerprint density at radius 2 is 1.21 bits per heavy atom. The molecule has 4 heteroatoms. The lowest BCUT2D eigenvalue weighted by atomic mass is 9.98. The van der Waals surface area contributed by atoms with E-state index in [0.29, 0.717) is 11.1 Å². The fourth-order valence-corrected chi connectivity index (χ4v) is 3.00. The maximum absolute atomic E-state index is 15.1. The molecule has 0 amide bonds. The predicted octanol–water partition coefficient (Wildman–Crippen LogP) is 5.92. The first-order chi connectivity index (χ1) is 14.0. The molecule has 0 unspecified atom stereocenters. The van der Waals surface area contributed by atoms with Crippen molar-refractivity contribution in [3.63, 3.8) is 0 Å². The molecule has 0 aromatic heterocycles. The molecule has 0 radical (unpaired) electrons. The maximum atomic E-state index is 15.1. The Balaban J connectivity index is 1.71. The Hall–Kier alpha value is -3.50. The van der Waals surface area contributed by atoms with E-state index in [1.165, 1.54) is 6.07 Å². The van der Waals surface area contributed by atoms with Gasteiger partial charge in [0.1, 0.15) is 5.82 Å². The van der Waals surface area contributed by atoms with Gasteiger partial charge in [-0.3, -0.25) is 0 Å². The van der Waals surface area contributed by atoms with Gasteiger partial charge in [-0.05, 0) is 55.2 Å². The van der Waals surface area contributed by atoms with Gasteiger partial charge in [0.2, 0.25) is 0 Å². The first kappa shape index (κ1) is 18.8. The molecule has 0 nitrogen and oxygen atoms in total. The first-order valence-electron chi connectivity index (χ1n) is 9.09. The van der Waals surface area contributed by atoms with Crippen molar-refractivity contribution in [3.05, 3.63) is 106 Å². The third-order valence-corrected chi connectivity index (χ3v) is 4.61. The van der Waals surface area contributed by atoms with Crippen molar-refractivity contribution in [2.75, 3.05) is 0 Å². The second-order valence-electron chi connectivity index (χ2n) is 6.78. The molecule has 3 aromatic rings. The lowest BCUT2D eigenvalue weighted by Crippen LogP contribution is -1.97. The lowest BCUT2D eigenvalue weighted by Gasteiger charge is -2.07. The number of benzene rings is 3. The molecule has 3 aromatic carbocycles. The van der Waals surface area contributed by atoms with Crippen LogP contribution in [-0.2, 0) is 0 Å². The van der Waals surface area contributed by atoms with Gasteiger partial charge in [0, 0.05) is 22.3 Å². The lowest BCUT2D eigenvalue weighted by molar-refractivity contribution is 0.446. The van der Waals surface area contributed by atoms with Crippen molar-refractivity contribution >= 4 is 0 Å². The minimum atomic E-state index is -1.56. The molecule has 142 valence electrons. The topological polar surface area (TPSA) is 0 Å². The molecule has 0 bridgehead atoms. The van der Waals surface area contributed by atoms with E-state index in [2.05, 4.69) is 23.7 Å². The molecule has 4 rings (SSSR count). The van der Waals surface area contributed by atoms with Crippen LogP contribution in [0.3, 0.4) is 0 Å². The van der Waals surface area contributed by atoms with Crippen LogP contribution >= 0.6 is 0 Å². The summed E-state index contributed by atoms with van der Waals surface area (Å²) in [4.78, 5) is 0. The van der Waals surface area contributed by atoms with Crippen LogP contribution in [0.4, 0.5) is 17.6 Å². The van der Waals surface area contributed by atoms with Crippen LogP contribution in [0.2, 0.25) is 0 Å². The Morgan fingerprint density at radius 3 is 1.86 bits per heavy atom. The van der Waals surface area contributed by atoms with Gasteiger partial charge in [-0.15, -0.1) is 0 Å². The fraction of sp³-hybridized carbons (Fsp3) is 0.120. The number of hydrogen-bond donors (Lipinski definition) is 0. The fourth-order valence-electron chi connectivity index (χ4n) is 3.00. The monoisotopic (exact) mass is 390 g/mol. The van der Waals surface area contributed by atoms with Crippen molar-refractivity contribution < 1.29 is 17.6 Å². The summed E-state index contributed by atoms with van der Waals surface area (Å²) in [6.45, 7) is 0. The molecule has 29 heavy (non-hydrogen) atoms. The summed E-state index contributed by atoms with van der Waals surface area (Å²) in [5.74, 6) is 6.57. The largest absolute Gasteiger partial charge is 0.205 e. The molecule has 0 spiro atoms. The van der Waals surface area contributed by atoms with Gasteiger partial charge in [0.05, 0.1) is 5.56 Å². The summed E-state index contributed by atoms with van der Waals surface area (Å²) in [7, 11) is 0. The zero-order valence-corrected chi connectivity index (χ0v) is 15.2. The smallest absolute Gasteiger partial charge is 0.194 e. The first-order valence-corrected chi connectivity index (χ1v) is 9.09. The normalized spacial score (nSPS) is 12.6. The molecule has 1 aliphatic carbocycles. The standard InChI is InChI=1S/C25H14F4/c26-21-14-17(15-22(27)25(21)29)7-9-20-13-12-18(23(24(20)28)19-10-11-19)8-6-16-4-2-1-3-5-16/h1-5,12-15,19H,10-11H2. The van der Waals surface area contributed by atoms with E-state index in [-0.39, 0.29) is 17.0 Å². The van der Waals surface area contributed by atoms with Crippen molar-refractivity contribution in [2.24, 2.45) is 0 Å². The maximum Gasteiger partial charge on any atom is 0.194 e. The van der Waals surface area contributed by atoms with Crippen LogP contribution in [0.1, 0.15) is 46.6 Å². The van der Waals surface area contributed by atoms with E-state index in [9.17, 15) is 13.2 Å². The van der Waals surface area contributed by atoms with E-state index in [1.807, 2.05) is 30.3 Å². The van der Waals surface area contributed by atoms with Gasteiger partial charge in [-0.1, -0.05) is 41.9 Å². The number of halogens is 4. The van der Waals surface area contributed by atoms with Crippen LogP contribution in [-0.4, -0.2) is 0 Å². The quantitative estimate of drug-likeness (QED) is 0.275. The van der Waals surface area contributed by atoms with Crippen molar-refractivity contribution in [3.8, 4) is 23.7 Å². The van der Waals surface area contributed by atoms with Gasteiger partial charge >= 0.3 is 0 Å². The van der Waals surface area contributed by atoms with E-state index in [1.54, 1.807) is 6.07 Å². The highest BCUT2D eigenvalue weighted by molar-refractivity contribution is 5.54. The Bertz CT molecular complexity index is 1180. The summed E-state index contributed by atoms with van der Waals surface area (Å²) in [5.41, 5.74) is 2.01. The molecule has 0 aliphatic heterocycles. The van der Waals surface area contributed by atoms with Crippen LogP contribution in [0, 0.1) is 47.0 Å². The van der Waals surface area contributed by atoms with E-state index < -0.39 is 23.3 Å². The average molecular weight is 390 g/mol.